The van der Waals surface area contributed by atoms with E-state index in [2.05, 4.69) is 5.32 Å². The topological polar surface area (TPSA) is 69.7 Å². The predicted octanol–water partition coefficient (Wildman–Crippen LogP) is 2.26. The summed E-state index contributed by atoms with van der Waals surface area (Å²) in [4.78, 5) is 41.2. The standard InChI is InChI=1S/C19H27N3O3S/c23-17(9-12-21-10-3-1-2-8-18(21)24)20-15-6-4-11-22(14-15)19(25)16-7-5-13-26-16/h5,7,13,15H,1-4,6,8-12,14H2,(H,20,23). The second-order valence-corrected chi connectivity index (χ2v) is 8.02. The molecular weight excluding hydrogens is 350 g/mol. The van der Waals surface area contributed by atoms with Crippen molar-refractivity contribution in [2.24, 2.45) is 0 Å². The zero-order valence-electron chi connectivity index (χ0n) is 15.1. The molecule has 0 spiro atoms. The molecule has 0 radical (unpaired) electrons. The molecule has 3 amide bonds. The number of carbonyl (C=O) groups excluding carboxylic acids is 3. The first-order chi connectivity index (χ1) is 12.6. The van der Waals surface area contributed by atoms with Crippen LogP contribution in [-0.4, -0.2) is 59.7 Å². The molecule has 1 atom stereocenters. The summed E-state index contributed by atoms with van der Waals surface area (Å²) in [6, 6.07) is 3.72. The highest BCUT2D eigenvalue weighted by atomic mass is 32.1. The molecule has 3 rings (SSSR count). The molecule has 2 saturated heterocycles. The van der Waals surface area contributed by atoms with Crippen LogP contribution >= 0.6 is 11.3 Å². The van der Waals surface area contributed by atoms with E-state index in [1.807, 2.05) is 27.3 Å². The zero-order valence-corrected chi connectivity index (χ0v) is 15.9. The van der Waals surface area contributed by atoms with Crippen molar-refractivity contribution in [3.05, 3.63) is 22.4 Å². The lowest BCUT2D eigenvalue weighted by atomic mass is 10.1. The van der Waals surface area contributed by atoms with Gasteiger partial charge in [0.2, 0.25) is 11.8 Å². The maximum absolute atomic E-state index is 12.5. The number of amides is 3. The number of piperidine rings is 1. The average molecular weight is 378 g/mol. The lowest BCUT2D eigenvalue weighted by Gasteiger charge is -2.33. The molecule has 3 heterocycles. The van der Waals surface area contributed by atoms with Crippen LogP contribution in [0.3, 0.4) is 0 Å². The molecule has 1 aromatic rings. The molecule has 0 bridgehead atoms. The average Bonchev–Trinajstić information content (AvgIpc) is 3.10. The predicted molar refractivity (Wildman–Crippen MR) is 101 cm³/mol. The van der Waals surface area contributed by atoms with Crippen molar-refractivity contribution in [1.82, 2.24) is 15.1 Å². The van der Waals surface area contributed by atoms with Gasteiger partial charge < -0.3 is 15.1 Å². The summed E-state index contributed by atoms with van der Waals surface area (Å²) < 4.78 is 0. The Labute approximate surface area is 158 Å². The number of likely N-dealkylation sites (tertiary alicyclic amines) is 2. The van der Waals surface area contributed by atoms with E-state index >= 15 is 0 Å². The summed E-state index contributed by atoms with van der Waals surface area (Å²) >= 11 is 1.45. The maximum atomic E-state index is 12.5. The first-order valence-electron chi connectivity index (χ1n) is 9.53. The van der Waals surface area contributed by atoms with Gasteiger partial charge in [-0.15, -0.1) is 11.3 Å². The van der Waals surface area contributed by atoms with Gasteiger partial charge in [0.1, 0.15) is 0 Å². The van der Waals surface area contributed by atoms with Crippen LogP contribution in [0.4, 0.5) is 0 Å². The molecule has 0 saturated carbocycles. The number of thiophene rings is 1. The molecule has 0 aromatic carbocycles. The van der Waals surface area contributed by atoms with Crippen molar-refractivity contribution in [1.29, 1.82) is 0 Å². The van der Waals surface area contributed by atoms with E-state index in [0.29, 0.717) is 25.9 Å². The van der Waals surface area contributed by atoms with E-state index in [9.17, 15) is 14.4 Å². The number of carbonyl (C=O) groups is 3. The fourth-order valence-corrected chi connectivity index (χ4v) is 4.34. The molecule has 6 nitrogen and oxygen atoms in total. The molecule has 1 unspecified atom stereocenters. The van der Waals surface area contributed by atoms with E-state index in [1.54, 1.807) is 0 Å². The summed E-state index contributed by atoms with van der Waals surface area (Å²) in [5, 5.41) is 4.95. The Morgan fingerprint density at radius 2 is 2.08 bits per heavy atom. The highest BCUT2D eigenvalue weighted by Gasteiger charge is 2.26. The minimum atomic E-state index is -0.0301. The quantitative estimate of drug-likeness (QED) is 0.856. The molecule has 2 fully saturated rings. The highest BCUT2D eigenvalue weighted by Crippen LogP contribution is 2.17. The monoisotopic (exact) mass is 377 g/mol. The van der Waals surface area contributed by atoms with Gasteiger partial charge in [-0.25, -0.2) is 0 Å². The summed E-state index contributed by atoms with van der Waals surface area (Å²) in [6.07, 6.45) is 5.79. The number of hydrogen-bond acceptors (Lipinski definition) is 4. The Morgan fingerprint density at radius 1 is 1.19 bits per heavy atom. The minimum absolute atomic E-state index is 0.00000241. The van der Waals surface area contributed by atoms with E-state index in [1.165, 1.54) is 11.3 Å². The highest BCUT2D eigenvalue weighted by molar-refractivity contribution is 7.12. The van der Waals surface area contributed by atoms with Gasteiger partial charge in [0.25, 0.3) is 5.91 Å². The fourth-order valence-electron chi connectivity index (χ4n) is 3.65. The molecule has 7 heteroatoms. The van der Waals surface area contributed by atoms with Gasteiger partial charge in [0, 0.05) is 45.1 Å². The van der Waals surface area contributed by atoms with Crippen LogP contribution in [0.15, 0.2) is 17.5 Å². The smallest absolute Gasteiger partial charge is 0.263 e. The van der Waals surface area contributed by atoms with Crippen LogP contribution in [0.5, 0.6) is 0 Å². The fraction of sp³-hybridized carbons (Fsp3) is 0.632. The van der Waals surface area contributed by atoms with Gasteiger partial charge >= 0.3 is 0 Å². The Hall–Kier alpha value is -1.89. The van der Waals surface area contributed by atoms with Gasteiger partial charge in [0.05, 0.1) is 4.88 Å². The second kappa shape index (κ2) is 9.16. The SMILES string of the molecule is O=C(CCN1CCCCCC1=O)NC1CCCN(C(=O)c2cccs2)C1. The Balaban J connectivity index is 1.45. The third kappa shape index (κ3) is 5.06. The molecule has 2 aliphatic heterocycles. The van der Waals surface area contributed by atoms with Crippen LogP contribution in [-0.2, 0) is 9.59 Å². The van der Waals surface area contributed by atoms with Gasteiger partial charge in [-0.2, -0.15) is 0 Å². The van der Waals surface area contributed by atoms with Crippen molar-refractivity contribution >= 4 is 29.1 Å². The number of rotatable bonds is 5. The van der Waals surface area contributed by atoms with Gasteiger partial charge in [-0.05, 0) is 37.1 Å². The third-order valence-electron chi connectivity index (χ3n) is 5.09. The van der Waals surface area contributed by atoms with E-state index in [4.69, 9.17) is 0 Å². The molecule has 2 aliphatic rings. The summed E-state index contributed by atoms with van der Waals surface area (Å²) in [5.41, 5.74) is 0. The van der Waals surface area contributed by atoms with Crippen LogP contribution < -0.4 is 5.32 Å². The van der Waals surface area contributed by atoms with Gasteiger partial charge in [0.15, 0.2) is 0 Å². The summed E-state index contributed by atoms with van der Waals surface area (Å²) in [5.74, 6) is 0.187. The van der Waals surface area contributed by atoms with Crippen molar-refractivity contribution in [2.75, 3.05) is 26.2 Å². The van der Waals surface area contributed by atoms with Crippen LogP contribution in [0.25, 0.3) is 0 Å². The van der Waals surface area contributed by atoms with Crippen LogP contribution in [0, 0.1) is 0 Å². The minimum Gasteiger partial charge on any atom is -0.352 e. The van der Waals surface area contributed by atoms with Crippen molar-refractivity contribution in [2.45, 2.75) is 51.0 Å². The summed E-state index contributed by atoms with van der Waals surface area (Å²) in [6.45, 7) is 2.56. The maximum Gasteiger partial charge on any atom is 0.263 e. The molecule has 142 valence electrons. The largest absolute Gasteiger partial charge is 0.352 e. The van der Waals surface area contributed by atoms with Crippen molar-refractivity contribution in [3.63, 3.8) is 0 Å². The third-order valence-corrected chi connectivity index (χ3v) is 5.94. The summed E-state index contributed by atoms with van der Waals surface area (Å²) in [7, 11) is 0. The number of hydrogen-bond donors (Lipinski definition) is 1. The lowest BCUT2D eigenvalue weighted by Crippen LogP contribution is -2.50. The Kier molecular flexibility index (Phi) is 6.66. The first kappa shape index (κ1) is 18.9. The molecule has 1 N–H and O–H groups in total. The Bertz CT molecular complexity index is 632. The lowest BCUT2D eigenvalue weighted by molar-refractivity contribution is -0.131. The molecule has 1 aromatic heterocycles. The van der Waals surface area contributed by atoms with E-state index in [0.717, 1.165) is 50.1 Å². The van der Waals surface area contributed by atoms with E-state index < -0.39 is 0 Å². The van der Waals surface area contributed by atoms with Crippen molar-refractivity contribution in [3.8, 4) is 0 Å². The Morgan fingerprint density at radius 3 is 2.88 bits per heavy atom. The zero-order chi connectivity index (χ0) is 18.4. The van der Waals surface area contributed by atoms with Crippen LogP contribution in [0.1, 0.15) is 54.6 Å². The van der Waals surface area contributed by atoms with Gasteiger partial charge in [-0.3, -0.25) is 14.4 Å². The van der Waals surface area contributed by atoms with Gasteiger partial charge in [-0.1, -0.05) is 12.5 Å². The van der Waals surface area contributed by atoms with E-state index in [-0.39, 0.29) is 23.8 Å². The number of nitrogens with zero attached hydrogens (tertiary/aromatic N) is 2. The van der Waals surface area contributed by atoms with Crippen molar-refractivity contribution < 1.29 is 14.4 Å². The molecule has 26 heavy (non-hydrogen) atoms. The number of nitrogens with one attached hydrogen (secondary N) is 1. The molecule has 0 aliphatic carbocycles. The molecular formula is C19H27N3O3S. The first-order valence-corrected chi connectivity index (χ1v) is 10.4. The second-order valence-electron chi connectivity index (χ2n) is 7.08. The normalized spacial score (nSPS) is 21.4. The van der Waals surface area contributed by atoms with Crippen LogP contribution in [0.2, 0.25) is 0 Å².